The van der Waals surface area contributed by atoms with Gasteiger partial charge in [0.05, 0.1) is 0 Å². The second-order valence-corrected chi connectivity index (χ2v) is 3.39. The molecule has 1 heterocycles. The summed E-state index contributed by atoms with van der Waals surface area (Å²) < 4.78 is 0. The molecule has 13 heavy (non-hydrogen) atoms. The molecule has 0 bridgehead atoms. The number of allylic oxidation sites excluding steroid dienone is 1. The zero-order chi connectivity index (χ0) is 10.0. The van der Waals surface area contributed by atoms with E-state index in [1.54, 1.807) is 13.0 Å². The molecule has 0 aromatic heterocycles. The van der Waals surface area contributed by atoms with Crippen molar-refractivity contribution in [2.45, 2.75) is 26.8 Å². The zero-order valence-corrected chi connectivity index (χ0v) is 8.05. The fourth-order valence-electron chi connectivity index (χ4n) is 1.22. The van der Waals surface area contributed by atoms with E-state index in [0.717, 1.165) is 0 Å². The third-order valence-corrected chi connectivity index (χ3v) is 2.03. The standard InChI is InChI=1S/C9H14N2O2/c1-4-6-8(12)11-7(5(2)3)9(13)10-6/h4-5,7H,1-3H3,(H,10,13)(H,11,12)/b6-4-/t7-/m0/s1. The van der Waals surface area contributed by atoms with Gasteiger partial charge in [0.1, 0.15) is 11.7 Å². The van der Waals surface area contributed by atoms with E-state index in [1.807, 2.05) is 13.8 Å². The molecule has 0 radical (unpaired) electrons. The Kier molecular flexibility index (Phi) is 2.70. The minimum atomic E-state index is -0.406. The minimum Gasteiger partial charge on any atom is -0.339 e. The maximum atomic E-state index is 11.4. The second kappa shape index (κ2) is 3.60. The Morgan fingerprint density at radius 1 is 1.38 bits per heavy atom. The number of hydrogen-bond acceptors (Lipinski definition) is 2. The third kappa shape index (κ3) is 1.88. The molecular weight excluding hydrogens is 168 g/mol. The van der Waals surface area contributed by atoms with Crippen molar-refractivity contribution < 1.29 is 9.59 Å². The fraction of sp³-hybridized carbons (Fsp3) is 0.556. The number of nitrogens with one attached hydrogen (secondary N) is 2. The van der Waals surface area contributed by atoms with Gasteiger partial charge in [0.25, 0.3) is 5.91 Å². The molecule has 0 aromatic carbocycles. The molecule has 0 aromatic rings. The van der Waals surface area contributed by atoms with Gasteiger partial charge in [-0.2, -0.15) is 0 Å². The first-order chi connectivity index (χ1) is 6.06. The lowest BCUT2D eigenvalue weighted by atomic mass is 10.0. The summed E-state index contributed by atoms with van der Waals surface area (Å²) in [5, 5.41) is 5.20. The Morgan fingerprint density at radius 3 is 2.46 bits per heavy atom. The first-order valence-corrected chi connectivity index (χ1v) is 4.34. The number of rotatable bonds is 1. The maximum Gasteiger partial charge on any atom is 0.268 e. The number of hydrogen-bond donors (Lipinski definition) is 2. The van der Waals surface area contributed by atoms with Gasteiger partial charge in [-0.05, 0) is 12.8 Å². The first-order valence-electron chi connectivity index (χ1n) is 4.34. The summed E-state index contributed by atoms with van der Waals surface area (Å²) in [7, 11) is 0. The van der Waals surface area contributed by atoms with Crippen LogP contribution in [0.2, 0.25) is 0 Å². The summed E-state index contributed by atoms with van der Waals surface area (Å²) in [5.74, 6) is -0.231. The number of piperazine rings is 1. The van der Waals surface area contributed by atoms with E-state index in [1.165, 1.54) is 0 Å². The SMILES string of the molecule is C/C=C1\NC(=O)[C@H](C(C)C)NC1=O. The Morgan fingerprint density at radius 2 is 2.00 bits per heavy atom. The molecular formula is C9H14N2O2. The molecule has 0 spiro atoms. The van der Waals surface area contributed by atoms with E-state index in [-0.39, 0.29) is 17.7 Å². The van der Waals surface area contributed by atoms with E-state index in [9.17, 15) is 9.59 Å². The molecule has 1 aliphatic heterocycles. The molecule has 2 N–H and O–H groups in total. The van der Waals surface area contributed by atoms with E-state index in [0.29, 0.717) is 5.70 Å². The van der Waals surface area contributed by atoms with Crippen molar-refractivity contribution in [3.05, 3.63) is 11.8 Å². The van der Waals surface area contributed by atoms with Crippen LogP contribution in [-0.4, -0.2) is 17.9 Å². The fourth-order valence-corrected chi connectivity index (χ4v) is 1.22. The molecule has 0 aliphatic carbocycles. The predicted molar refractivity (Wildman–Crippen MR) is 48.7 cm³/mol. The molecule has 1 aliphatic rings. The van der Waals surface area contributed by atoms with E-state index < -0.39 is 6.04 Å². The van der Waals surface area contributed by atoms with Crippen molar-refractivity contribution in [3.63, 3.8) is 0 Å². The van der Waals surface area contributed by atoms with E-state index in [2.05, 4.69) is 10.6 Å². The Balaban J connectivity index is 2.79. The average Bonchev–Trinajstić information content (AvgIpc) is 2.07. The molecule has 1 atom stereocenters. The van der Waals surface area contributed by atoms with Gasteiger partial charge in [-0.1, -0.05) is 19.9 Å². The number of amides is 2. The topological polar surface area (TPSA) is 58.2 Å². The second-order valence-electron chi connectivity index (χ2n) is 3.39. The van der Waals surface area contributed by atoms with Gasteiger partial charge >= 0.3 is 0 Å². The summed E-state index contributed by atoms with van der Waals surface area (Å²) in [6.45, 7) is 5.50. The monoisotopic (exact) mass is 182 g/mol. The van der Waals surface area contributed by atoms with Crippen molar-refractivity contribution >= 4 is 11.8 Å². The lowest BCUT2D eigenvalue weighted by Gasteiger charge is -2.27. The highest BCUT2D eigenvalue weighted by atomic mass is 16.2. The van der Waals surface area contributed by atoms with Crippen LogP contribution < -0.4 is 10.6 Å². The predicted octanol–water partition coefficient (Wildman–Crippen LogP) is 0.161. The molecule has 72 valence electrons. The highest BCUT2D eigenvalue weighted by Gasteiger charge is 2.30. The smallest absolute Gasteiger partial charge is 0.268 e. The largest absolute Gasteiger partial charge is 0.339 e. The molecule has 0 unspecified atom stereocenters. The number of carbonyl (C=O) groups is 2. The molecule has 2 amide bonds. The summed E-state index contributed by atoms with van der Waals surface area (Å²) in [6.07, 6.45) is 1.59. The van der Waals surface area contributed by atoms with Gasteiger partial charge in [0, 0.05) is 0 Å². The van der Waals surface area contributed by atoms with Crippen LogP contribution in [0.3, 0.4) is 0 Å². The van der Waals surface area contributed by atoms with Gasteiger partial charge in [-0.25, -0.2) is 0 Å². The summed E-state index contributed by atoms with van der Waals surface area (Å²) in [5.41, 5.74) is 0.335. The first kappa shape index (κ1) is 9.77. The Labute approximate surface area is 77.4 Å². The van der Waals surface area contributed by atoms with Crippen LogP contribution in [0.5, 0.6) is 0 Å². The molecule has 1 rings (SSSR count). The van der Waals surface area contributed by atoms with Gasteiger partial charge in [0.15, 0.2) is 0 Å². The third-order valence-electron chi connectivity index (χ3n) is 2.03. The number of carbonyl (C=O) groups excluding carboxylic acids is 2. The highest BCUT2D eigenvalue weighted by molar-refractivity contribution is 6.04. The van der Waals surface area contributed by atoms with Crippen molar-refractivity contribution in [1.29, 1.82) is 0 Å². The lowest BCUT2D eigenvalue weighted by molar-refractivity contribution is -0.132. The van der Waals surface area contributed by atoms with Gasteiger partial charge < -0.3 is 10.6 Å². The Hall–Kier alpha value is -1.32. The van der Waals surface area contributed by atoms with Gasteiger partial charge in [-0.3, -0.25) is 9.59 Å². The van der Waals surface area contributed by atoms with Crippen LogP contribution in [0, 0.1) is 5.92 Å². The van der Waals surface area contributed by atoms with Crippen LogP contribution in [-0.2, 0) is 9.59 Å². The van der Waals surface area contributed by atoms with Crippen LogP contribution in [0.25, 0.3) is 0 Å². The highest BCUT2D eigenvalue weighted by Crippen LogP contribution is 2.08. The van der Waals surface area contributed by atoms with E-state index >= 15 is 0 Å². The average molecular weight is 182 g/mol. The molecule has 4 nitrogen and oxygen atoms in total. The molecule has 1 fully saturated rings. The quantitative estimate of drug-likeness (QED) is 0.567. The molecule has 1 saturated heterocycles. The van der Waals surface area contributed by atoms with Crippen molar-refractivity contribution in [3.8, 4) is 0 Å². The van der Waals surface area contributed by atoms with Gasteiger partial charge in [0.2, 0.25) is 5.91 Å². The Bertz CT molecular complexity index is 269. The zero-order valence-electron chi connectivity index (χ0n) is 8.05. The molecule has 4 heteroatoms. The van der Waals surface area contributed by atoms with E-state index in [4.69, 9.17) is 0 Å². The lowest BCUT2D eigenvalue weighted by Crippen LogP contribution is -2.56. The normalized spacial score (nSPS) is 26.2. The summed E-state index contributed by atoms with van der Waals surface area (Å²) >= 11 is 0. The van der Waals surface area contributed by atoms with Crippen molar-refractivity contribution in [2.75, 3.05) is 0 Å². The summed E-state index contributed by atoms with van der Waals surface area (Å²) in [4.78, 5) is 22.7. The molecule has 0 saturated carbocycles. The minimum absolute atomic E-state index is 0.113. The van der Waals surface area contributed by atoms with Gasteiger partial charge in [-0.15, -0.1) is 0 Å². The van der Waals surface area contributed by atoms with Crippen LogP contribution in [0.1, 0.15) is 20.8 Å². The maximum absolute atomic E-state index is 11.4. The summed E-state index contributed by atoms with van der Waals surface area (Å²) in [6, 6.07) is -0.406. The van der Waals surface area contributed by atoms with Crippen LogP contribution >= 0.6 is 0 Å². The van der Waals surface area contributed by atoms with Crippen molar-refractivity contribution in [1.82, 2.24) is 10.6 Å². The van der Waals surface area contributed by atoms with Crippen LogP contribution in [0.4, 0.5) is 0 Å². The van der Waals surface area contributed by atoms with Crippen molar-refractivity contribution in [2.24, 2.45) is 5.92 Å². The van der Waals surface area contributed by atoms with Crippen LogP contribution in [0.15, 0.2) is 11.8 Å².